The molecule has 16 heavy (non-hydrogen) atoms. The third-order valence-corrected chi connectivity index (χ3v) is 1.96. The smallest absolute Gasteiger partial charge is 0.340 e. The second kappa shape index (κ2) is 5.20. The summed E-state index contributed by atoms with van der Waals surface area (Å²) in [5.74, 6) is -4.10. The molecule has 0 saturated heterocycles. The van der Waals surface area contributed by atoms with Crippen LogP contribution >= 0.6 is 0 Å². The molecule has 0 unspecified atom stereocenters. The van der Waals surface area contributed by atoms with Gasteiger partial charge >= 0.3 is 12.3 Å². The second-order valence-corrected chi connectivity index (χ2v) is 3.26. The molecule has 1 rings (SSSR count). The number of hydrogen-bond acceptors (Lipinski definition) is 3. The normalized spacial score (nSPS) is 16.6. The number of dihydropyridines is 1. The first kappa shape index (κ1) is 12.8. The molecular formula is C9H12F4N2O. The summed E-state index contributed by atoms with van der Waals surface area (Å²) in [7, 11) is 0. The molecule has 0 spiro atoms. The van der Waals surface area contributed by atoms with Gasteiger partial charge in [0.2, 0.25) is 0 Å². The Morgan fingerprint density at radius 3 is 2.56 bits per heavy atom. The highest BCUT2D eigenvalue weighted by atomic mass is 19.3. The molecule has 92 valence electrons. The van der Waals surface area contributed by atoms with E-state index in [2.05, 4.69) is 10.1 Å². The van der Waals surface area contributed by atoms with E-state index in [0.717, 1.165) is 5.57 Å². The zero-order chi connectivity index (χ0) is 12.2. The molecular weight excluding hydrogens is 228 g/mol. The Morgan fingerprint density at radius 2 is 2.12 bits per heavy atom. The van der Waals surface area contributed by atoms with E-state index >= 15 is 0 Å². The predicted octanol–water partition coefficient (Wildman–Crippen LogP) is 1.23. The quantitative estimate of drug-likeness (QED) is 0.710. The van der Waals surface area contributed by atoms with Crippen LogP contribution < -0.4 is 11.1 Å². The number of alkyl halides is 4. The van der Waals surface area contributed by atoms with Crippen LogP contribution in [0.5, 0.6) is 0 Å². The number of nitrogens with one attached hydrogen (secondary N) is 1. The molecule has 0 radical (unpaired) electrons. The maximum absolute atomic E-state index is 12.5. The van der Waals surface area contributed by atoms with Gasteiger partial charge in [-0.15, -0.1) is 0 Å². The van der Waals surface area contributed by atoms with Crippen LogP contribution in [0.3, 0.4) is 0 Å². The minimum Gasteiger partial charge on any atom is -0.473 e. The van der Waals surface area contributed by atoms with Crippen molar-refractivity contribution in [2.45, 2.75) is 12.3 Å². The van der Waals surface area contributed by atoms with Crippen LogP contribution in [0.15, 0.2) is 23.6 Å². The fourth-order valence-electron chi connectivity index (χ4n) is 0.988. The summed E-state index contributed by atoms with van der Waals surface area (Å²) in [4.78, 5) is 0. The predicted molar refractivity (Wildman–Crippen MR) is 50.1 cm³/mol. The molecule has 3 N–H and O–H groups in total. The molecule has 1 heterocycles. The highest BCUT2D eigenvalue weighted by Crippen LogP contribution is 2.23. The molecule has 0 atom stereocenters. The van der Waals surface area contributed by atoms with Crippen molar-refractivity contribution in [3.05, 3.63) is 23.6 Å². The molecule has 1 aliphatic heterocycles. The lowest BCUT2D eigenvalue weighted by Crippen LogP contribution is -2.34. The van der Waals surface area contributed by atoms with Crippen LogP contribution in [0.25, 0.3) is 0 Å². The Kier molecular flexibility index (Phi) is 4.17. The molecule has 0 bridgehead atoms. The SMILES string of the molecule is NCC1=CC=C(OCC(F)(F)C(F)F)NC1. The Hall–Kier alpha value is -1.24. The number of nitrogens with two attached hydrogens (primary N) is 1. The zero-order valence-electron chi connectivity index (χ0n) is 8.35. The maximum atomic E-state index is 12.5. The minimum atomic E-state index is -4.14. The second-order valence-electron chi connectivity index (χ2n) is 3.26. The number of ether oxygens (including phenoxy) is 1. The first-order chi connectivity index (χ1) is 7.45. The van der Waals surface area contributed by atoms with Gasteiger partial charge in [0, 0.05) is 13.1 Å². The summed E-state index contributed by atoms with van der Waals surface area (Å²) in [5, 5.41) is 2.64. The number of rotatable bonds is 5. The summed E-state index contributed by atoms with van der Waals surface area (Å²) in [6.07, 6.45) is -0.744. The van der Waals surface area contributed by atoms with Gasteiger partial charge in [-0.3, -0.25) is 0 Å². The third-order valence-electron chi connectivity index (χ3n) is 1.96. The average Bonchev–Trinajstić information content (AvgIpc) is 2.27. The van der Waals surface area contributed by atoms with Crippen molar-refractivity contribution in [2.75, 3.05) is 19.7 Å². The van der Waals surface area contributed by atoms with E-state index in [4.69, 9.17) is 5.73 Å². The fraction of sp³-hybridized carbons (Fsp3) is 0.556. The minimum absolute atomic E-state index is 0.0394. The van der Waals surface area contributed by atoms with E-state index in [1.165, 1.54) is 6.08 Å². The molecule has 1 aliphatic rings. The van der Waals surface area contributed by atoms with Crippen molar-refractivity contribution >= 4 is 0 Å². The number of hydrogen-bond donors (Lipinski definition) is 2. The molecule has 0 aliphatic carbocycles. The molecule has 7 heteroatoms. The van der Waals surface area contributed by atoms with Crippen molar-refractivity contribution in [1.82, 2.24) is 5.32 Å². The van der Waals surface area contributed by atoms with Crippen LogP contribution in [0.4, 0.5) is 17.6 Å². The monoisotopic (exact) mass is 240 g/mol. The highest BCUT2D eigenvalue weighted by Gasteiger charge is 2.41. The van der Waals surface area contributed by atoms with Gasteiger partial charge in [-0.2, -0.15) is 8.78 Å². The lowest BCUT2D eigenvalue weighted by molar-refractivity contribution is -0.158. The van der Waals surface area contributed by atoms with Crippen molar-refractivity contribution in [3.63, 3.8) is 0 Å². The summed E-state index contributed by atoms with van der Waals surface area (Å²) >= 11 is 0. The average molecular weight is 240 g/mol. The summed E-state index contributed by atoms with van der Waals surface area (Å²) in [6, 6.07) is 0. The van der Waals surface area contributed by atoms with E-state index in [1.807, 2.05) is 0 Å². The number of halogens is 4. The maximum Gasteiger partial charge on any atom is 0.340 e. The van der Waals surface area contributed by atoms with Gasteiger partial charge in [0.1, 0.15) is 0 Å². The summed E-state index contributed by atoms with van der Waals surface area (Å²) in [5.41, 5.74) is 6.20. The van der Waals surface area contributed by atoms with Crippen molar-refractivity contribution in [1.29, 1.82) is 0 Å². The lowest BCUT2D eigenvalue weighted by Gasteiger charge is -2.20. The zero-order valence-corrected chi connectivity index (χ0v) is 8.35. The van der Waals surface area contributed by atoms with Crippen LogP contribution in [-0.2, 0) is 4.74 Å². The lowest BCUT2D eigenvalue weighted by atomic mass is 10.2. The summed E-state index contributed by atoms with van der Waals surface area (Å²) in [6.45, 7) is -0.651. The van der Waals surface area contributed by atoms with Gasteiger partial charge in [0.25, 0.3) is 0 Å². The molecule has 0 aromatic rings. The van der Waals surface area contributed by atoms with E-state index in [9.17, 15) is 17.6 Å². The van der Waals surface area contributed by atoms with Crippen molar-refractivity contribution in [3.8, 4) is 0 Å². The van der Waals surface area contributed by atoms with E-state index < -0.39 is 19.0 Å². The largest absolute Gasteiger partial charge is 0.473 e. The molecule has 0 aromatic heterocycles. The van der Waals surface area contributed by atoms with Crippen molar-refractivity contribution < 1.29 is 22.3 Å². The molecule has 3 nitrogen and oxygen atoms in total. The van der Waals surface area contributed by atoms with Gasteiger partial charge < -0.3 is 15.8 Å². The molecule has 0 saturated carbocycles. The van der Waals surface area contributed by atoms with Crippen molar-refractivity contribution in [2.24, 2.45) is 5.73 Å². The Labute approximate surface area is 89.9 Å². The van der Waals surface area contributed by atoms with E-state index in [1.54, 1.807) is 6.08 Å². The van der Waals surface area contributed by atoms with Crippen LogP contribution in [0.1, 0.15) is 0 Å². The third kappa shape index (κ3) is 3.41. The van der Waals surface area contributed by atoms with Gasteiger partial charge in [0.15, 0.2) is 12.5 Å². The van der Waals surface area contributed by atoms with E-state index in [-0.39, 0.29) is 5.88 Å². The highest BCUT2D eigenvalue weighted by molar-refractivity contribution is 5.21. The molecule has 0 fully saturated rings. The van der Waals surface area contributed by atoms with E-state index in [0.29, 0.717) is 13.1 Å². The topological polar surface area (TPSA) is 47.3 Å². The van der Waals surface area contributed by atoms with Crippen LogP contribution in [-0.4, -0.2) is 32.0 Å². The molecule has 0 aromatic carbocycles. The van der Waals surface area contributed by atoms with Crippen LogP contribution in [0.2, 0.25) is 0 Å². The van der Waals surface area contributed by atoms with Gasteiger partial charge in [-0.1, -0.05) is 6.08 Å². The number of allylic oxidation sites excluding steroid dienone is 2. The Bertz CT molecular complexity index is 302. The Morgan fingerprint density at radius 1 is 1.44 bits per heavy atom. The standard InChI is InChI=1S/C9H12F4N2O/c10-8(11)9(12,13)5-16-7-2-1-6(3-14)4-15-7/h1-2,8,15H,3-5,14H2. The van der Waals surface area contributed by atoms with Gasteiger partial charge in [-0.05, 0) is 11.6 Å². The van der Waals surface area contributed by atoms with Gasteiger partial charge in [-0.25, -0.2) is 8.78 Å². The first-order valence-electron chi connectivity index (χ1n) is 4.58. The Balaban J connectivity index is 2.46. The fourth-order valence-corrected chi connectivity index (χ4v) is 0.988. The van der Waals surface area contributed by atoms with Crippen LogP contribution in [0, 0.1) is 0 Å². The molecule has 0 amide bonds. The first-order valence-corrected chi connectivity index (χ1v) is 4.58. The summed E-state index contributed by atoms with van der Waals surface area (Å²) < 4.78 is 53.1. The van der Waals surface area contributed by atoms with Gasteiger partial charge in [0.05, 0.1) is 0 Å².